The van der Waals surface area contributed by atoms with Crippen molar-refractivity contribution in [3.63, 3.8) is 0 Å². The summed E-state index contributed by atoms with van der Waals surface area (Å²) in [7, 11) is 0. The van der Waals surface area contributed by atoms with E-state index in [4.69, 9.17) is 4.42 Å². The molecule has 0 saturated heterocycles. The number of para-hydroxylation sites is 1. The van der Waals surface area contributed by atoms with Gasteiger partial charge in [0, 0.05) is 21.8 Å². The summed E-state index contributed by atoms with van der Waals surface area (Å²) in [4.78, 5) is 0. The lowest BCUT2D eigenvalue weighted by Gasteiger charge is -2.32. The van der Waals surface area contributed by atoms with Crippen molar-refractivity contribution < 1.29 is 4.42 Å². The molecule has 0 atom stereocenters. The molecule has 3 aliphatic carbocycles. The van der Waals surface area contributed by atoms with Gasteiger partial charge < -0.3 is 4.42 Å². The Kier molecular flexibility index (Phi) is 6.36. The fourth-order valence-electron chi connectivity index (χ4n) is 12.1. The number of hydrogen-bond acceptors (Lipinski definition) is 1. The zero-order valence-corrected chi connectivity index (χ0v) is 33.9. The number of rotatable bonds is 2. The summed E-state index contributed by atoms with van der Waals surface area (Å²) in [6, 6.07) is 72.8. The van der Waals surface area contributed by atoms with Crippen molar-refractivity contribution in [2.75, 3.05) is 0 Å². The van der Waals surface area contributed by atoms with E-state index in [1.54, 1.807) is 0 Å². The van der Waals surface area contributed by atoms with Gasteiger partial charge in [-0.1, -0.05) is 184 Å². The Balaban J connectivity index is 1.19. The Labute approximate surface area is 354 Å². The fourth-order valence-corrected chi connectivity index (χ4v) is 12.1. The van der Waals surface area contributed by atoms with E-state index in [-0.39, 0.29) is 5.41 Å². The van der Waals surface area contributed by atoms with E-state index in [1.165, 1.54) is 116 Å². The molecule has 3 aliphatic rings. The van der Waals surface area contributed by atoms with Crippen LogP contribution >= 0.6 is 0 Å². The van der Waals surface area contributed by atoms with Crippen LogP contribution in [0.4, 0.5) is 0 Å². The third kappa shape index (κ3) is 4.07. The summed E-state index contributed by atoms with van der Waals surface area (Å²) in [6.45, 7) is 4.73. The molecule has 0 saturated carbocycles. The van der Waals surface area contributed by atoms with Gasteiger partial charge in [-0.3, -0.25) is 0 Å². The van der Waals surface area contributed by atoms with Crippen molar-refractivity contribution in [2.24, 2.45) is 0 Å². The highest BCUT2D eigenvalue weighted by Crippen LogP contribution is 2.67. The molecule has 0 fully saturated rings. The molecule has 61 heavy (non-hydrogen) atoms. The van der Waals surface area contributed by atoms with E-state index in [9.17, 15) is 0 Å². The number of fused-ring (bicyclic) bond motifs is 22. The normalized spacial score (nSPS) is 14.7. The molecular formula is C60H38O. The molecule has 0 aliphatic heterocycles. The standard InChI is InChI=1S/C60H38O/c1-59(2)48-24-12-8-21-41(48)47-33-37(29-31-49(47)59)45-34-52-56(58-54(45)44-23-11-15-27-53(44)61-58)55-42-22-7-6-18-38(42)46-32-36(35-16-4-3-5-17-35)28-30-43(46)57(55)60(52)50-25-13-9-19-39(50)40-20-10-14-26-51(40)60/h3-34H,1-2H3. The van der Waals surface area contributed by atoms with Gasteiger partial charge in [0.2, 0.25) is 0 Å². The molecule has 1 spiro atoms. The van der Waals surface area contributed by atoms with E-state index in [0.717, 1.165) is 16.6 Å². The van der Waals surface area contributed by atoms with Gasteiger partial charge in [-0.05, 0) is 129 Å². The SMILES string of the molecule is CC1(C)c2ccccc2-c2cc(-c3cc4c(c5oc6ccccc6c35)-c3c(c5ccc(-c6ccccc6)cc5c5ccccc35)C43c4ccccc4-c4ccccc43)ccc21. The molecule has 1 heterocycles. The van der Waals surface area contributed by atoms with Crippen LogP contribution in [0.25, 0.3) is 99.1 Å². The molecular weight excluding hydrogens is 737 g/mol. The quantitative estimate of drug-likeness (QED) is 0.159. The first-order valence-corrected chi connectivity index (χ1v) is 21.5. The maximum Gasteiger partial charge on any atom is 0.144 e. The van der Waals surface area contributed by atoms with Crippen molar-refractivity contribution in [3.8, 4) is 55.6 Å². The molecule has 284 valence electrons. The highest BCUT2D eigenvalue weighted by Gasteiger charge is 2.54. The topological polar surface area (TPSA) is 13.1 Å². The Morgan fingerprint density at radius 1 is 0.344 bits per heavy atom. The fraction of sp³-hybridized carbons (Fsp3) is 0.0667. The predicted octanol–water partition coefficient (Wildman–Crippen LogP) is 15.9. The molecule has 0 radical (unpaired) electrons. The molecule has 1 nitrogen and oxygen atoms in total. The Morgan fingerprint density at radius 2 is 0.934 bits per heavy atom. The number of benzene rings is 10. The third-order valence-electron chi connectivity index (χ3n) is 14.7. The Bertz CT molecular complexity index is 3680. The molecule has 11 aromatic rings. The number of furan rings is 1. The third-order valence-corrected chi connectivity index (χ3v) is 14.7. The van der Waals surface area contributed by atoms with Crippen LogP contribution in [0.15, 0.2) is 199 Å². The molecule has 1 heteroatoms. The molecule has 0 amide bonds. The monoisotopic (exact) mass is 774 g/mol. The lowest BCUT2D eigenvalue weighted by Crippen LogP contribution is -2.26. The van der Waals surface area contributed by atoms with Gasteiger partial charge in [0.05, 0.1) is 5.41 Å². The second-order valence-corrected chi connectivity index (χ2v) is 17.8. The van der Waals surface area contributed by atoms with Crippen molar-refractivity contribution in [2.45, 2.75) is 24.7 Å². The van der Waals surface area contributed by atoms with Crippen LogP contribution in [0.2, 0.25) is 0 Å². The van der Waals surface area contributed by atoms with E-state index in [0.29, 0.717) is 0 Å². The van der Waals surface area contributed by atoms with Crippen LogP contribution in [0, 0.1) is 0 Å². The van der Waals surface area contributed by atoms with Crippen molar-refractivity contribution in [1.29, 1.82) is 0 Å². The largest absolute Gasteiger partial charge is 0.455 e. The summed E-state index contributed by atoms with van der Waals surface area (Å²) < 4.78 is 7.31. The van der Waals surface area contributed by atoms with Crippen LogP contribution in [0.3, 0.4) is 0 Å². The molecule has 0 N–H and O–H groups in total. The summed E-state index contributed by atoms with van der Waals surface area (Å²) in [5.41, 5.74) is 21.8. The second-order valence-electron chi connectivity index (χ2n) is 17.8. The van der Waals surface area contributed by atoms with Gasteiger partial charge in [0.15, 0.2) is 0 Å². The predicted molar refractivity (Wildman–Crippen MR) is 253 cm³/mol. The summed E-state index contributed by atoms with van der Waals surface area (Å²) in [5.74, 6) is 0. The average Bonchev–Trinajstić information content (AvgIpc) is 4.01. The lowest BCUT2D eigenvalue weighted by atomic mass is 9.68. The minimum atomic E-state index is -0.609. The summed E-state index contributed by atoms with van der Waals surface area (Å²) in [6.07, 6.45) is 0. The van der Waals surface area contributed by atoms with E-state index in [2.05, 4.69) is 208 Å². The van der Waals surface area contributed by atoms with E-state index >= 15 is 0 Å². The zero-order valence-electron chi connectivity index (χ0n) is 33.9. The average molecular weight is 775 g/mol. The van der Waals surface area contributed by atoms with Crippen LogP contribution in [-0.4, -0.2) is 0 Å². The van der Waals surface area contributed by atoms with E-state index < -0.39 is 5.41 Å². The van der Waals surface area contributed by atoms with Crippen LogP contribution in [0.1, 0.15) is 47.2 Å². The van der Waals surface area contributed by atoms with Crippen molar-refractivity contribution in [1.82, 2.24) is 0 Å². The first-order valence-electron chi connectivity index (χ1n) is 21.5. The van der Waals surface area contributed by atoms with Crippen molar-refractivity contribution in [3.05, 3.63) is 228 Å². The van der Waals surface area contributed by atoms with Crippen LogP contribution < -0.4 is 0 Å². The minimum Gasteiger partial charge on any atom is -0.455 e. The first-order chi connectivity index (χ1) is 30.0. The first kappa shape index (κ1) is 33.4. The molecule has 10 aromatic carbocycles. The van der Waals surface area contributed by atoms with Gasteiger partial charge in [0.25, 0.3) is 0 Å². The molecule has 0 unspecified atom stereocenters. The second kappa shape index (κ2) is 11.6. The van der Waals surface area contributed by atoms with Crippen LogP contribution in [0.5, 0.6) is 0 Å². The Hall–Kier alpha value is -7.48. The molecule has 14 rings (SSSR count). The highest BCUT2D eigenvalue weighted by atomic mass is 16.3. The summed E-state index contributed by atoms with van der Waals surface area (Å²) in [5, 5.41) is 7.37. The van der Waals surface area contributed by atoms with Gasteiger partial charge in [0.1, 0.15) is 11.2 Å². The zero-order chi connectivity index (χ0) is 40.2. The van der Waals surface area contributed by atoms with E-state index in [1.807, 2.05) is 0 Å². The van der Waals surface area contributed by atoms with Crippen molar-refractivity contribution >= 4 is 43.5 Å². The van der Waals surface area contributed by atoms with Gasteiger partial charge in [-0.25, -0.2) is 0 Å². The summed E-state index contributed by atoms with van der Waals surface area (Å²) >= 11 is 0. The van der Waals surface area contributed by atoms with Gasteiger partial charge >= 0.3 is 0 Å². The maximum atomic E-state index is 7.31. The molecule has 1 aromatic heterocycles. The van der Waals surface area contributed by atoms with Crippen LogP contribution in [-0.2, 0) is 10.8 Å². The lowest BCUT2D eigenvalue weighted by molar-refractivity contribution is 0.660. The number of hydrogen-bond donors (Lipinski definition) is 0. The molecule has 0 bridgehead atoms. The minimum absolute atomic E-state index is 0.0779. The Morgan fingerprint density at radius 3 is 1.69 bits per heavy atom. The smallest absolute Gasteiger partial charge is 0.144 e. The highest BCUT2D eigenvalue weighted by molar-refractivity contribution is 6.26. The van der Waals surface area contributed by atoms with Gasteiger partial charge in [-0.2, -0.15) is 0 Å². The maximum absolute atomic E-state index is 7.31. The van der Waals surface area contributed by atoms with Gasteiger partial charge in [-0.15, -0.1) is 0 Å².